The van der Waals surface area contributed by atoms with E-state index in [2.05, 4.69) is 53.1 Å². The smallest absolute Gasteiger partial charge is 0.140 e. The molecule has 0 saturated carbocycles. The third kappa shape index (κ3) is 6.39. The van der Waals surface area contributed by atoms with Gasteiger partial charge in [0.05, 0.1) is 4.47 Å². The number of unbranched alkanes of at least 4 members (excludes halogenated alkanes) is 3. The molecule has 0 aliphatic heterocycles. The molecular formula is C15H25BrN2. The van der Waals surface area contributed by atoms with Crippen LogP contribution in [0.25, 0.3) is 0 Å². The van der Waals surface area contributed by atoms with Gasteiger partial charge in [-0.05, 0) is 46.8 Å². The number of hydrogen-bond donors (Lipinski definition) is 1. The van der Waals surface area contributed by atoms with Crippen molar-refractivity contribution < 1.29 is 0 Å². The van der Waals surface area contributed by atoms with Crippen LogP contribution in [0, 0.1) is 12.8 Å². The molecule has 2 nitrogen and oxygen atoms in total. The van der Waals surface area contributed by atoms with Crippen LogP contribution < -0.4 is 5.32 Å². The summed E-state index contributed by atoms with van der Waals surface area (Å²) >= 11 is 3.53. The molecule has 1 heterocycles. The monoisotopic (exact) mass is 312 g/mol. The fraction of sp³-hybridized carbons (Fsp3) is 0.667. The van der Waals surface area contributed by atoms with E-state index in [9.17, 15) is 0 Å². The van der Waals surface area contributed by atoms with E-state index in [1.807, 2.05) is 6.20 Å². The van der Waals surface area contributed by atoms with Crippen molar-refractivity contribution in [3.63, 3.8) is 0 Å². The van der Waals surface area contributed by atoms with Crippen molar-refractivity contribution in [2.24, 2.45) is 5.92 Å². The topological polar surface area (TPSA) is 24.9 Å². The summed E-state index contributed by atoms with van der Waals surface area (Å²) in [6.07, 6.45) is 8.50. The SMILES string of the molecule is Cc1cnc(NCCCCCCC(C)C)c(Br)c1. The summed E-state index contributed by atoms with van der Waals surface area (Å²) < 4.78 is 1.06. The molecule has 0 fully saturated rings. The Morgan fingerprint density at radius 2 is 1.94 bits per heavy atom. The molecule has 0 saturated heterocycles. The quantitative estimate of drug-likeness (QED) is 0.670. The second-order valence-electron chi connectivity index (χ2n) is 5.37. The Kier molecular flexibility index (Phi) is 7.33. The summed E-state index contributed by atoms with van der Waals surface area (Å²) in [5.41, 5.74) is 1.18. The minimum absolute atomic E-state index is 0.843. The molecule has 102 valence electrons. The van der Waals surface area contributed by atoms with Crippen LogP contribution in [0.1, 0.15) is 51.5 Å². The number of nitrogens with zero attached hydrogens (tertiary/aromatic N) is 1. The van der Waals surface area contributed by atoms with E-state index in [-0.39, 0.29) is 0 Å². The maximum Gasteiger partial charge on any atom is 0.140 e. The van der Waals surface area contributed by atoms with Crippen LogP contribution in [0.5, 0.6) is 0 Å². The average Bonchev–Trinajstić information content (AvgIpc) is 2.30. The van der Waals surface area contributed by atoms with Gasteiger partial charge in [0.15, 0.2) is 0 Å². The summed E-state index contributed by atoms with van der Waals surface area (Å²) in [6.45, 7) is 7.65. The van der Waals surface area contributed by atoms with Gasteiger partial charge in [-0.2, -0.15) is 0 Å². The van der Waals surface area contributed by atoms with Crippen LogP contribution in [0.3, 0.4) is 0 Å². The number of pyridine rings is 1. The Labute approximate surface area is 120 Å². The summed E-state index contributed by atoms with van der Waals surface area (Å²) in [6, 6.07) is 2.10. The Balaban J connectivity index is 2.11. The predicted molar refractivity (Wildman–Crippen MR) is 83.1 cm³/mol. The van der Waals surface area contributed by atoms with E-state index in [0.717, 1.165) is 22.8 Å². The summed E-state index contributed by atoms with van der Waals surface area (Å²) in [5, 5.41) is 3.38. The molecule has 0 amide bonds. The molecule has 1 aromatic heterocycles. The van der Waals surface area contributed by atoms with E-state index >= 15 is 0 Å². The number of aromatic nitrogens is 1. The Morgan fingerprint density at radius 1 is 1.22 bits per heavy atom. The van der Waals surface area contributed by atoms with Gasteiger partial charge in [0, 0.05) is 12.7 Å². The number of hydrogen-bond acceptors (Lipinski definition) is 2. The van der Waals surface area contributed by atoms with E-state index in [1.54, 1.807) is 0 Å². The highest BCUT2D eigenvalue weighted by Crippen LogP contribution is 2.20. The fourth-order valence-corrected chi connectivity index (χ4v) is 2.51. The molecule has 0 aliphatic carbocycles. The molecule has 0 atom stereocenters. The lowest BCUT2D eigenvalue weighted by Gasteiger charge is -2.08. The summed E-state index contributed by atoms with van der Waals surface area (Å²) in [5.74, 6) is 1.80. The van der Waals surface area contributed by atoms with Crippen molar-refractivity contribution in [1.29, 1.82) is 0 Å². The molecule has 0 unspecified atom stereocenters. The van der Waals surface area contributed by atoms with Gasteiger partial charge in [0.2, 0.25) is 0 Å². The van der Waals surface area contributed by atoms with Crippen LogP contribution in [-0.4, -0.2) is 11.5 Å². The molecule has 1 rings (SSSR count). The van der Waals surface area contributed by atoms with Crippen molar-refractivity contribution >= 4 is 21.7 Å². The lowest BCUT2D eigenvalue weighted by atomic mass is 10.0. The second-order valence-corrected chi connectivity index (χ2v) is 6.22. The van der Waals surface area contributed by atoms with Crippen LogP contribution >= 0.6 is 15.9 Å². The number of rotatable bonds is 8. The van der Waals surface area contributed by atoms with E-state index in [0.29, 0.717) is 0 Å². The third-order valence-electron chi connectivity index (χ3n) is 2.98. The minimum Gasteiger partial charge on any atom is -0.369 e. The van der Waals surface area contributed by atoms with Gasteiger partial charge in [0.25, 0.3) is 0 Å². The Bertz CT molecular complexity index is 350. The van der Waals surface area contributed by atoms with Gasteiger partial charge >= 0.3 is 0 Å². The van der Waals surface area contributed by atoms with Crippen LogP contribution in [-0.2, 0) is 0 Å². The zero-order chi connectivity index (χ0) is 13.4. The standard InChI is InChI=1S/C15H25BrN2/c1-12(2)8-6-4-5-7-9-17-15-14(16)10-13(3)11-18-15/h10-12H,4-9H2,1-3H3,(H,17,18). The Hall–Kier alpha value is -0.570. The van der Waals surface area contributed by atoms with Crippen LogP contribution in [0.2, 0.25) is 0 Å². The third-order valence-corrected chi connectivity index (χ3v) is 3.58. The van der Waals surface area contributed by atoms with Crippen LogP contribution in [0.4, 0.5) is 5.82 Å². The summed E-state index contributed by atoms with van der Waals surface area (Å²) in [7, 11) is 0. The molecule has 0 aromatic carbocycles. The zero-order valence-electron chi connectivity index (χ0n) is 11.8. The van der Waals surface area contributed by atoms with Crippen molar-refractivity contribution in [1.82, 2.24) is 4.98 Å². The fourth-order valence-electron chi connectivity index (χ4n) is 1.90. The molecule has 0 aliphatic rings. The molecule has 0 spiro atoms. The largest absolute Gasteiger partial charge is 0.369 e. The molecular weight excluding hydrogens is 288 g/mol. The zero-order valence-corrected chi connectivity index (χ0v) is 13.4. The first-order valence-electron chi connectivity index (χ1n) is 6.95. The first-order valence-corrected chi connectivity index (χ1v) is 7.75. The van der Waals surface area contributed by atoms with E-state index < -0.39 is 0 Å². The second kappa shape index (κ2) is 8.52. The lowest BCUT2D eigenvalue weighted by molar-refractivity contribution is 0.523. The molecule has 0 radical (unpaired) electrons. The number of anilines is 1. The minimum atomic E-state index is 0.843. The normalized spacial score (nSPS) is 10.9. The molecule has 1 N–H and O–H groups in total. The molecule has 3 heteroatoms. The highest BCUT2D eigenvalue weighted by molar-refractivity contribution is 9.10. The summed E-state index contributed by atoms with van der Waals surface area (Å²) in [4.78, 5) is 4.38. The Morgan fingerprint density at radius 3 is 2.61 bits per heavy atom. The van der Waals surface area contributed by atoms with Gasteiger partial charge in [0.1, 0.15) is 5.82 Å². The number of halogens is 1. The maximum atomic E-state index is 4.38. The van der Waals surface area contributed by atoms with Crippen molar-refractivity contribution in [3.05, 3.63) is 22.3 Å². The first-order chi connectivity index (χ1) is 8.59. The van der Waals surface area contributed by atoms with Gasteiger partial charge < -0.3 is 5.32 Å². The van der Waals surface area contributed by atoms with Crippen LogP contribution in [0.15, 0.2) is 16.7 Å². The molecule has 1 aromatic rings. The number of aryl methyl sites for hydroxylation is 1. The van der Waals surface area contributed by atoms with E-state index in [1.165, 1.54) is 37.7 Å². The highest BCUT2D eigenvalue weighted by Gasteiger charge is 2.00. The molecule has 0 bridgehead atoms. The lowest BCUT2D eigenvalue weighted by Crippen LogP contribution is -2.04. The van der Waals surface area contributed by atoms with Gasteiger partial charge in [-0.1, -0.05) is 39.5 Å². The number of nitrogens with one attached hydrogen (secondary N) is 1. The first kappa shape index (κ1) is 15.5. The van der Waals surface area contributed by atoms with Crippen molar-refractivity contribution in [2.45, 2.75) is 52.9 Å². The van der Waals surface area contributed by atoms with Gasteiger partial charge in [-0.3, -0.25) is 0 Å². The van der Waals surface area contributed by atoms with E-state index in [4.69, 9.17) is 0 Å². The van der Waals surface area contributed by atoms with Crippen molar-refractivity contribution in [3.8, 4) is 0 Å². The molecule has 18 heavy (non-hydrogen) atoms. The van der Waals surface area contributed by atoms with Crippen molar-refractivity contribution in [2.75, 3.05) is 11.9 Å². The van der Waals surface area contributed by atoms with Gasteiger partial charge in [-0.25, -0.2) is 4.98 Å². The average molecular weight is 313 g/mol. The predicted octanol–water partition coefficient (Wildman–Crippen LogP) is 5.17. The highest BCUT2D eigenvalue weighted by atomic mass is 79.9. The van der Waals surface area contributed by atoms with Gasteiger partial charge in [-0.15, -0.1) is 0 Å². The maximum absolute atomic E-state index is 4.38.